The zero-order valence-corrected chi connectivity index (χ0v) is 17.1. The van der Waals surface area contributed by atoms with Gasteiger partial charge in [0.15, 0.2) is 0 Å². The molecular formula is C21H26N2O5S. The van der Waals surface area contributed by atoms with Crippen molar-refractivity contribution in [3.05, 3.63) is 60.2 Å². The van der Waals surface area contributed by atoms with Crippen molar-refractivity contribution in [1.82, 2.24) is 9.62 Å². The van der Waals surface area contributed by atoms with Crippen LogP contribution < -0.4 is 10.1 Å². The highest BCUT2D eigenvalue weighted by molar-refractivity contribution is 7.89. The molecule has 0 bridgehead atoms. The van der Waals surface area contributed by atoms with Gasteiger partial charge in [0.05, 0.1) is 24.0 Å². The minimum absolute atomic E-state index is 0.0879. The van der Waals surface area contributed by atoms with Gasteiger partial charge in [-0.15, -0.1) is 0 Å². The number of benzene rings is 2. The molecule has 1 aliphatic heterocycles. The van der Waals surface area contributed by atoms with Crippen LogP contribution in [0, 0.1) is 5.92 Å². The van der Waals surface area contributed by atoms with E-state index in [0.29, 0.717) is 25.1 Å². The molecule has 1 fully saturated rings. The fourth-order valence-electron chi connectivity index (χ4n) is 3.41. The molecule has 7 nitrogen and oxygen atoms in total. The Morgan fingerprint density at radius 3 is 2.55 bits per heavy atom. The maximum Gasteiger partial charge on any atom is 0.243 e. The molecule has 0 aromatic heterocycles. The average Bonchev–Trinajstić information content (AvgIpc) is 2.78. The van der Waals surface area contributed by atoms with Crippen molar-refractivity contribution >= 4 is 15.9 Å². The first-order chi connectivity index (χ1) is 13.9. The summed E-state index contributed by atoms with van der Waals surface area (Å²) in [5.74, 6) is -0.105. The van der Waals surface area contributed by atoms with E-state index in [2.05, 4.69) is 5.32 Å². The molecule has 29 heavy (non-hydrogen) atoms. The maximum absolute atomic E-state index is 12.9. The number of carbonyl (C=O) groups is 1. The van der Waals surface area contributed by atoms with Gasteiger partial charge in [0, 0.05) is 19.6 Å². The van der Waals surface area contributed by atoms with E-state index < -0.39 is 22.0 Å². The van der Waals surface area contributed by atoms with E-state index in [4.69, 9.17) is 4.74 Å². The number of hydrogen-bond donors (Lipinski definition) is 2. The number of aliphatic hydroxyl groups excluding tert-OH is 1. The van der Waals surface area contributed by atoms with E-state index in [1.807, 2.05) is 18.2 Å². The monoisotopic (exact) mass is 418 g/mol. The molecule has 2 atom stereocenters. The van der Waals surface area contributed by atoms with E-state index in [1.54, 1.807) is 24.3 Å². The number of piperidine rings is 1. The summed E-state index contributed by atoms with van der Waals surface area (Å²) in [5, 5.41) is 13.0. The highest BCUT2D eigenvalue weighted by Crippen LogP contribution is 2.25. The minimum atomic E-state index is -3.68. The van der Waals surface area contributed by atoms with E-state index in [-0.39, 0.29) is 23.9 Å². The fourth-order valence-corrected chi connectivity index (χ4v) is 4.93. The van der Waals surface area contributed by atoms with Crippen molar-refractivity contribution in [2.24, 2.45) is 5.92 Å². The fraction of sp³-hybridized carbons (Fsp3) is 0.381. The molecule has 156 valence electrons. The molecule has 0 radical (unpaired) electrons. The summed E-state index contributed by atoms with van der Waals surface area (Å²) in [6.07, 6.45) is 0.416. The van der Waals surface area contributed by atoms with Crippen LogP contribution in [0.25, 0.3) is 0 Å². The molecule has 8 heteroatoms. The predicted molar refractivity (Wildman–Crippen MR) is 109 cm³/mol. The molecule has 1 aliphatic rings. The summed E-state index contributed by atoms with van der Waals surface area (Å²) in [7, 11) is -2.16. The summed E-state index contributed by atoms with van der Waals surface area (Å²) in [6.45, 7) is 0.594. The minimum Gasteiger partial charge on any atom is -0.497 e. The van der Waals surface area contributed by atoms with Gasteiger partial charge in [-0.3, -0.25) is 4.79 Å². The van der Waals surface area contributed by atoms with Crippen molar-refractivity contribution in [3.63, 3.8) is 0 Å². The molecule has 0 aliphatic carbocycles. The lowest BCUT2D eigenvalue weighted by Gasteiger charge is -2.31. The molecule has 3 rings (SSSR count). The smallest absolute Gasteiger partial charge is 0.243 e. The Balaban J connectivity index is 1.61. The summed E-state index contributed by atoms with van der Waals surface area (Å²) >= 11 is 0. The number of hydrogen-bond acceptors (Lipinski definition) is 5. The number of ether oxygens (including phenoxy) is 1. The van der Waals surface area contributed by atoms with Crippen LogP contribution in [0.2, 0.25) is 0 Å². The van der Waals surface area contributed by atoms with E-state index in [9.17, 15) is 18.3 Å². The largest absolute Gasteiger partial charge is 0.497 e. The zero-order chi connectivity index (χ0) is 20.9. The van der Waals surface area contributed by atoms with E-state index >= 15 is 0 Å². The maximum atomic E-state index is 12.9. The Labute approximate surface area is 171 Å². The van der Waals surface area contributed by atoms with Crippen LogP contribution >= 0.6 is 0 Å². The van der Waals surface area contributed by atoms with Crippen molar-refractivity contribution in [2.45, 2.75) is 23.8 Å². The molecule has 2 aromatic rings. The third-order valence-electron chi connectivity index (χ3n) is 5.11. The van der Waals surface area contributed by atoms with Crippen LogP contribution in [-0.4, -0.2) is 50.5 Å². The van der Waals surface area contributed by atoms with Crippen LogP contribution in [0.1, 0.15) is 24.5 Å². The van der Waals surface area contributed by atoms with Crippen LogP contribution in [0.3, 0.4) is 0 Å². The molecule has 1 saturated heterocycles. The van der Waals surface area contributed by atoms with Crippen molar-refractivity contribution < 1.29 is 23.1 Å². The van der Waals surface area contributed by atoms with Gasteiger partial charge in [0.2, 0.25) is 15.9 Å². The van der Waals surface area contributed by atoms with Gasteiger partial charge < -0.3 is 15.2 Å². The normalized spacial score (nSPS) is 18.8. The molecule has 0 saturated carbocycles. The number of nitrogens with one attached hydrogen (secondary N) is 1. The van der Waals surface area contributed by atoms with Gasteiger partial charge in [0.25, 0.3) is 0 Å². The molecule has 0 spiro atoms. The second-order valence-electron chi connectivity index (χ2n) is 7.05. The molecule has 0 unspecified atom stereocenters. The number of rotatable bonds is 7. The van der Waals surface area contributed by atoms with Gasteiger partial charge in [0.1, 0.15) is 5.75 Å². The molecular weight excluding hydrogens is 392 g/mol. The number of sulfonamides is 1. The van der Waals surface area contributed by atoms with E-state index in [0.717, 1.165) is 5.56 Å². The number of amides is 1. The number of carbonyl (C=O) groups excluding carboxylic acids is 1. The van der Waals surface area contributed by atoms with Gasteiger partial charge in [-0.05, 0) is 42.7 Å². The van der Waals surface area contributed by atoms with Gasteiger partial charge in [-0.25, -0.2) is 8.42 Å². The van der Waals surface area contributed by atoms with Crippen molar-refractivity contribution in [2.75, 3.05) is 26.7 Å². The standard InChI is InChI=1S/C21H26N2O5S/c1-28-18-9-11-19(12-10-18)29(26,27)23-13-5-8-17(15-23)21(25)22-14-20(24)16-6-3-2-4-7-16/h2-4,6-7,9-12,17,20,24H,5,8,13-15H2,1H3,(H,22,25)/t17-,20+/m0/s1. The lowest BCUT2D eigenvalue weighted by molar-refractivity contribution is -0.126. The van der Waals surface area contributed by atoms with Gasteiger partial charge in [-0.1, -0.05) is 30.3 Å². The molecule has 1 heterocycles. The van der Waals surface area contributed by atoms with Crippen LogP contribution in [-0.2, 0) is 14.8 Å². The SMILES string of the molecule is COc1ccc(S(=O)(=O)N2CCC[C@H](C(=O)NC[C@@H](O)c3ccccc3)C2)cc1. The third kappa shape index (κ3) is 5.14. The van der Waals surface area contributed by atoms with Gasteiger partial charge in [-0.2, -0.15) is 4.31 Å². The first-order valence-corrected chi connectivity index (χ1v) is 11.0. The van der Waals surface area contributed by atoms with Crippen LogP contribution in [0.5, 0.6) is 5.75 Å². The zero-order valence-electron chi connectivity index (χ0n) is 16.3. The van der Waals surface area contributed by atoms with Crippen molar-refractivity contribution in [1.29, 1.82) is 0 Å². The Bertz CT molecular complexity index is 916. The van der Waals surface area contributed by atoms with Crippen LogP contribution in [0.4, 0.5) is 0 Å². The number of aliphatic hydroxyl groups is 1. The lowest BCUT2D eigenvalue weighted by atomic mass is 9.98. The van der Waals surface area contributed by atoms with Gasteiger partial charge >= 0.3 is 0 Å². The Hall–Kier alpha value is -2.42. The summed E-state index contributed by atoms with van der Waals surface area (Å²) < 4.78 is 32.3. The first-order valence-electron chi connectivity index (χ1n) is 9.56. The van der Waals surface area contributed by atoms with E-state index in [1.165, 1.54) is 23.5 Å². The Morgan fingerprint density at radius 1 is 1.21 bits per heavy atom. The Kier molecular flexibility index (Phi) is 6.89. The average molecular weight is 419 g/mol. The molecule has 1 amide bonds. The predicted octanol–water partition coefficient (Wildman–Crippen LogP) is 1.95. The first kappa shape index (κ1) is 21.3. The van der Waals surface area contributed by atoms with Crippen molar-refractivity contribution in [3.8, 4) is 5.75 Å². The summed E-state index contributed by atoms with van der Waals surface area (Å²) in [4.78, 5) is 12.7. The highest BCUT2D eigenvalue weighted by atomic mass is 32.2. The number of nitrogens with zero attached hydrogens (tertiary/aromatic N) is 1. The Morgan fingerprint density at radius 2 is 1.90 bits per heavy atom. The summed E-state index contributed by atoms with van der Waals surface area (Å²) in [6, 6.07) is 15.3. The summed E-state index contributed by atoms with van der Waals surface area (Å²) in [5.41, 5.74) is 0.722. The second-order valence-corrected chi connectivity index (χ2v) is 8.99. The molecule has 2 N–H and O–H groups in total. The second kappa shape index (κ2) is 9.39. The highest BCUT2D eigenvalue weighted by Gasteiger charge is 2.33. The lowest BCUT2D eigenvalue weighted by Crippen LogP contribution is -2.46. The third-order valence-corrected chi connectivity index (χ3v) is 6.99. The number of methoxy groups -OCH3 is 1. The topological polar surface area (TPSA) is 95.9 Å². The van der Waals surface area contributed by atoms with Crippen LogP contribution in [0.15, 0.2) is 59.5 Å². The molecule has 2 aromatic carbocycles. The quantitative estimate of drug-likeness (QED) is 0.717.